The zero-order valence-corrected chi connectivity index (χ0v) is 17.3. The van der Waals surface area contributed by atoms with Crippen molar-refractivity contribution in [3.8, 4) is 0 Å². The Kier molecular flexibility index (Phi) is 8.91. The van der Waals surface area contributed by atoms with Crippen LogP contribution in [0.4, 0.5) is 13.2 Å². The number of ketones is 1. The normalized spacial score (nSPS) is 12.8. The molecule has 0 saturated carbocycles. The Morgan fingerprint density at radius 2 is 1.75 bits per heavy atom. The molecule has 0 unspecified atom stereocenters. The fourth-order valence-corrected chi connectivity index (χ4v) is 2.83. The van der Waals surface area contributed by atoms with Gasteiger partial charge in [0.1, 0.15) is 12.9 Å². The summed E-state index contributed by atoms with van der Waals surface area (Å²) in [5, 5.41) is 4.62. The number of amides is 1. The van der Waals surface area contributed by atoms with Crippen molar-refractivity contribution in [1.82, 2.24) is 0 Å². The number of hydrogen-bond donors (Lipinski definition) is 0. The highest BCUT2D eigenvalue weighted by atomic mass is 35.5. The molecule has 0 bridgehead atoms. The summed E-state index contributed by atoms with van der Waals surface area (Å²) in [5.41, 5.74) is 1.15. The quantitative estimate of drug-likeness (QED) is 0.318. The highest BCUT2D eigenvalue weighted by Crippen LogP contribution is 2.24. The number of carbonyl (C=O) groups excluding carboxylic acids is 2. The number of Topliss-reactive ketones (excluding diaryl/α,β-unsaturated/α-hetero) is 1. The zero-order valence-electron chi connectivity index (χ0n) is 15.8. The Bertz CT molecular complexity index is 750. The van der Waals surface area contributed by atoms with Crippen LogP contribution in [0.2, 0.25) is 10.0 Å². The molecular weight excluding hydrogens is 420 g/mol. The highest BCUT2D eigenvalue weighted by molar-refractivity contribution is 6.42. The summed E-state index contributed by atoms with van der Waals surface area (Å²) in [7, 11) is 3.72. The molecule has 0 fully saturated rings. The minimum Gasteiger partial charge on any atom is -0.399 e. The Morgan fingerprint density at radius 3 is 2.29 bits per heavy atom. The van der Waals surface area contributed by atoms with E-state index in [1.165, 1.54) is 21.2 Å². The smallest absolute Gasteiger partial charge is 0.399 e. The molecule has 28 heavy (non-hydrogen) atoms. The SMILES string of the molecule is CO/N=C(\CCC(=O)CCC[N+](C)(C)C(=O)C(F)(F)F)c1ccc(Cl)c(Cl)c1. The van der Waals surface area contributed by atoms with E-state index in [9.17, 15) is 22.8 Å². The summed E-state index contributed by atoms with van der Waals surface area (Å²) in [6, 6.07) is 4.90. The first kappa shape index (κ1) is 24.4. The van der Waals surface area contributed by atoms with Crippen molar-refractivity contribution in [3.05, 3.63) is 33.8 Å². The average Bonchev–Trinajstić information content (AvgIpc) is 2.59. The van der Waals surface area contributed by atoms with Gasteiger partial charge in [-0.1, -0.05) is 34.4 Å². The van der Waals surface area contributed by atoms with Crippen LogP contribution in [0.3, 0.4) is 0 Å². The molecule has 0 aliphatic carbocycles. The molecule has 0 atom stereocenters. The second-order valence-electron chi connectivity index (χ2n) is 6.70. The predicted molar refractivity (Wildman–Crippen MR) is 102 cm³/mol. The van der Waals surface area contributed by atoms with Gasteiger partial charge in [0.25, 0.3) is 0 Å². The first-order chi connectivity index (χ1) is 12.9. The molecule has 10 heteroatoms. The maximum Gasteiger partial charge on any atom is 0.509 e. The molecule has 1 amide bonds. The van der Waals surface area contributed by atoms with Crippen molar-refractivity contribution in [2.24, 2.45) is 5.16 Å². The van der Waals surface area contributed by atoms with Crippen molar-refractivity contribution in [1.29, 1.82) is 0 Å². The van der Waals surface area contributed by atoms with Gasteiger partial charge in [-0.2, -0.15) is 13.2 Å². The molecule has 0 radical (unpaired) electrons. The van der Waals surface area contributed by atoms with E-state index in [0.29, 0.717) is 21.3 Å². The van der Waals surface area contributed by atoms with E-state index in [0.717, 1.165) is 0 Å². The van der Waals surface area contributed by atoms with E-state index in [4.69, 9.17) is 28.0 Å². The second kappa shape index (κ2) is 10.2. The fraction of sp³-hybridized carbons (Fsp3) is 0.500. The molecule has 0 aliphatic heterocycles. The van der Waals surface area contributed by atoms with Crippen LogP contribution in [0.1, 0.15) is 31.2 Å². The van der Waals surface area contributed by atoms with Crippen molar-refractivity contribution in [3.63, 3.8) is 0 Å². The predicted octanol–water partition coefficient (Wildman–Crippen LogP) is 4.64. The van der Waals surface area contributed by atoms with Gasteiger partial charge >= 0.3 is 12.1 Å². The number of carbonyl (C=O) groups is 2. The molecule has 0 saturated heterocycles. The van der Waals surface area contributed by atoms with Crippen molar-refractivity contribution >= 4 is 40.6 Å². The molecule has 1 aromatic rings. The van der Waals surface area contributed by atoms with Crippen molar-refractivity contribution < 1.29 is 32.1 Å². The molecule has 0 aliphatic rings. The van der Waals surface area contributed by atoms with Gasteiger partial charge in [0.2, 0.25) is 0 Å². The van der Waals surface area contributed by atoms with E-state index < -0.39 is 16.6 Å². The molecule has 0 N–H and O–H groups in total. The average molecular weight is 442 g/mol. The lowest BCUT2D eigenvalue weighted by Gasteiger charge is -2.27. The largest absolute Gasteiger partial charge is 0.509 e. The third kappa shape index (κ3) is 7.41. The Morgan fingerprint density at radius 1 is 1.11 bits per heavy atom. The lowest BCUT2D eigenvalue weighted by atomic mass is 10.0. The van der Waals surface area contributed by atoms with Gasteiger partial charge in [-0.3, -0.25) is 9.28 Å². The highest BCUT2D eigenvalue weighted by Gasteiger charge is 2.50. The number of nitrogens with zero attached hydrogens (tertiary/aromatic N) is 2. The van der Waals surface area contributed by atoms with E-state index >= 15 is 0 Å². The third-order valence-electron chi connectivity index (χ3n) is 4.06. The lowest BCUT2D eigenvalue weighted by molar-refractivity contribution is -0.819. The molecule has 0 aromatic heterocycles. The summed E-state index contributed by atoms with van der Waals surface area (Å²) >= 11 is 11.9. The van der Waals surface area contributed by atoms with Crippen LogP contribution in [-0.2, 0) is 14.4 Å². The monoisotopic (exact) mass is 441 g/mol. The maximum atomic E-state index is 12.6. The van der Waals surface area contributed by atoms with Crippen LogP contribution in [0.15, 0.2) is 23.4 Å². The molecular formula is C18H22Cl2F3N2O3+. The van der Waals surface area contributed by atoms with Crippen molar-refractivity contribution in [2.45, 2.75) is 31.9 Å². The van der Waals surface area contributed by atoms with Crippen LogP contribution in [0.5, 0.6) is 0 Å². The topological polar surface area (TPSA) is 55.7 Å². The summed E-state index contributed by atoms with van der Waals surface area (Å²) in [5.74, 6) is -1.99. The Balaban J connectivity index is 2.59. The van der Waals surface area contributed by atoms with E-state index in [1.54, 1.807) is 18.2 Å². The van der Waals surface area contributed by atoms with Crippen molar-refractivity contribution in [2.75, 3.05) is 27.7 Å². The Hall–Kier alpha value is -1.64. The van der Waals surface area contributed by atoms with Crippen LogP contribution in [0, 0.1) is 0 Å². The molecule has 0 spiro atoms. The molecule has 156 valence electrons. The van der Waals surface area contributed by atoms with Gasteiger partial charge in [0.15, 0.2) is 0 Å². The standard InChI is InChI=1S/C18H22Cl2F3N2O3/c1-25(2,17(27)18(21,22)23)10-4-5-13(26)7-9-16(24-28-3)12-6-8-14(19)15(20)11-12/h6,8,11H,4-5,7,9-10H2,1-3H3/q+1/b24-16+. The number of rotatable bonds is 9. The molecule has 1 aromatic carbocycles. The summed E-state index contributed by atoms with van der Waals surface area (Å²) in [6.45, 7) is -0.0874. The first-order valence-electron chi connectivity index (χ1n) is 8.40. The van der Waals surface area contributed by atoms with Crippen LogP contribution >= 0.6 is 23.2 Å². The number of benzene rings is 1. The second-order valence-corrected chi connectivity index (χ2v) is 7.52. The minimum absolute atomic E-state index is 0.0639. The number of quaternary nitrogens is 1. The molecule has 5 nitrogen and oxygen atoms in total. The van der Waals surface area contributed by atoms with Gasteiger partial charge in [-0.05, 0) is 12.1 Å². The number of oxime groups is 1. The zero-order chi connectivity index (χ0) is 21.5. The number of alkyl halides is 3. The number of halogens is 5. The van der Waals surface area contributed by atoms with Crippen LogP contribution < -0.4 is 0 Å². The van der Waals surface area contributed by atoms with Gasteiger partial charge in [-0.15, -0.1) is 0 Å². The molecule has 1 rings (SSSR count). The molecule has 0 heterocycles. The maximum absolute atomic E-state index is 12.6. The van der Waals surface area contributed by atoms with Crippen LogP contribution in [0.25, 0.3) is 0 Å². The Labute approximate surface area is 171 Å². The number of hydrogen-bond acceptors (Lipinski definition) is 4. The summed E-state index contributed by atoms with van der Waals surface area (Å²) < 4.78 is 36.8. The van der Waals surface area contributed by atoms with Gasteiger partial charge in [-0.25, -0.2) is 4.79 Å². The third-order valence-corrected chi connectivity index (χ3v) is 4.80. The fourth-order valence-electron chi connectivity index (χ4n) is 2.53. The van der Waals surface area contributed by atoms with E-state index in [-0.39, 0.29) is 38.0 Å². The summed E-state index contributed by atoms with van der Waals surface area (Å²) in [6.07, 6.45) is -4.28. The van der Waals surface area contributed by atoms with E-state index in [1.807, 2.05) is 0 Å². The lowest BCUT2D eigenvalue weighted by Crippen LogP contribution is -2.52. The van der Waals surface area contributed by atoms with Crippen LogP contribution in [-0.4, -0.2) is 55.8 Å². The summed E-state index contributed by atoms with van der Waals surface area (Å²) in [4.78, 5) is 28.3. The minimum atomic E-state index is -4.90. The van der Waals surface area contributed by atoms with Gasteiger partial charge in [0, 0.05) is 31.2 Å². The first-order valence-corrected chi connectivity index (χ1v) is 9.16. The van der Waals surface area contributed by atoms with Gasteiger partial charge in [0.05, 0.1) is 36.4 Å². The van der Waals surface area contributed by atoms with E-state index in [2.05, 4.69) is 5.16 Å². The van der Waals surface area contributed by atoms with Gasteiger partial charge < -0.3 is 4.84 Å².